The lowest BCUT2D eigenvalue weighted by molar-refractivity contribution is -0.142. The van der Waals surface area contributed by atoms with Crippen LogP contribution in [0.5, 0.6) is 0 Å². The number of carbonyl (C=O) groups is 3. The standard InChI is InChI=1S/C12H21N3O4/c1-7(2)14-9(16)6-13-12(19)15-5-4-8(3)10(15)11(17)18/h7-8,10H,4-6H2,1-3H3,(H,13,19)(H,14,16)(H,17,18). The van der Waals surface area contributed by atoms with Crippen molar-refractivity contribution in [2.45, 2.75) is 39.3 Å². The zero-order valence-corrected chi connectivity index (χ0v) is 11.5. The van der Waals surface area contributed by atoms with Crippen LogP contribution < -0.4 is 10.6 Å². The Hall–Kier alpha value is -1.79. The molecule has 2 atom stereocenters. The number of rotatable bonds is 4. The van der Waals surface area contributed by atoms with E-state index < -0.39 is 18.0 Å². The highest BCUT2D eigenvalue weighted by Crippen LogP contribution is 2.23. The minimum absolute atomic E-state index is 0.00276. The Morgan fingerprint density at radius 2 is 2.00 bits per heavy atom. The molecule has 19 heavy (non-hydrogen) atoms. The minimum atomic E-state index is -1.01. The molecular weight excluding hydrogens is 250 g/mol. The van der Waals surface area contributed by atoms with Gasteiger partial charge in [0.2, 0.25) is 5.91 Å². The maximum absolute atomic E-state index is 11.9. The highest BCUT2D eigenvalue weighted by Gasteiger charge is 2.39. The number of nitrogens with one attached hydrogen (secondary N) is 2. The van der Waals surface area contributed by atoms with E-state index in [0.29, 0.717) is 13.0 Å². The largest absolute Gasteiger partial charge is 0.480 e. The number of carboxylic acid groups (broad SMARTS) is 1. The van der Waals surface area contributed by atoms with Crippen molar-refractivity contribution in [2.75, 3.05) is 13.1 Å². The first-order chi connectivity index (χ1) is 8.82. The average molecular weight is 271 g/mol. The first-order valence-corrected chi connectivity index (χ1v) is 6.39. The van der Waals surface area contributed by atoms with Gasteiger partial charge < -0.3 is 20.6 Å². The molecule has 0 spiro atoms. The molecular formula is C12H21N3O4. The highest BCUT2D eigenvalue weighted by molar-refractivity contribution is 5.87. The third kappa shape index (κ3) is 4.11. The van der Waals surface area contributed by atoms with Gasteiger partial charge in [-0.05, 0) is 26.2 Å². The Morgan fingerprint density at radius 3 is 2.53 bits per heavy atom. The summed E-state index contributed by atoms with van der Waals surface area (Å²) in [5.41, 5.74) is 0. The van der Waals surface area contributed by atoms with Gasteiger partial charge in [0.15, 0.2) is 0 Å². The van der Waals surface area contributed by atoms with Crippen molar-refractivity contribution in [1.82, 2.24) is 15.5 Å². The van der Waals surface area contributed by atoms with Gasteiger partial charge in [0.05, 0.1) is 6.54 Å². The summed E-state index contributed by atoms with van der Waals surface area (Å²) >= 11 is 0. The molecule has 0 aromatic carbocycles. The van der Waals surface area contributed by atoms with Crippen molar-refractivity contribution in [2.24, 2.45) is 5.92 Å². The molecule has 3 amide bonds. The molecule has 1 saturated heterocycles. The molecule has 0 radical (unpaired) electrons. The van der Waals surface area contributed by atoms with Gasteiger partial charge in [-0.2, -0.15) is 0 Å². The number of amides is 3. The van der Waals surface area contributed by atoms with Crippen LogP contribution in [-0.2, 0) is 9.59 Å². The third-order valence-electron chi connectivity index (χ3n) is 3.06. The molecule has 0 aromatic heterocycles. The van der Waals surface area contributed by atoms with Gasteiger partial charge in [-0.1, -0.05) is 6.92 Å². The fraction of sp³-hybridized carbons (Fsp3) is 0.750. The van der Waals surface area contributed by atoms with Crippen LogP contribution in [0.4, 0.5) is 4.79 Å². The van der Waals surface area contributed by atoms with E-state index in [0.717, 1.165) is 0 Å². The lowest BCUT2D eigenvalue weighted by atomic mass is 10.0. The number of carboxylic acids is 1. The maximum atomic E-state index is 11.9. The lowest BCUT2D eigenvalue weighted by Crippen LogP contribution is -2.50. The second kappa shape index (κ2) is 6.40. The molecule has 0 bridgehead atoms. The van der Waals surface area contributed by atoms with Gasteiger partial charge in [-0.15, -0.1) is 0 Å². The number of carbonyl (C=O) groups excluding carboxylic acids is 2. The Morgan fingerprint density at radius 1 is 1.37 bits per heavy atom. The number of nitrogens with zero attached hydrogens (tertiary/aromatic N) is 1. The molecule has 1 heterocycles. The van der Waals surface area contributed by atoms with Crippen LogP contribution in [-0.4, -0.2) is 53.1 Å². The maximum Gasteiger partial charge on any atom is 0.326 e. The molecule has 1 aliphatic rings. The number of hydrogen-bond acceptors (Lipinski definition) is 3. The van der Waals surface area contributed by atoms with Crippen molar-refractivity contribution in [3.05, 3.63) is 0 Å². The van der Waals surface area contributed by atoms with E-state index in [2.05, 4.69) is 10.6 Å². The monoisotopic (exact) mass is 271 g/mol. The molecule has 0 aliphatic carbocycles. The topological polar surface area (TPSA) is 98.7 Å². The fourth-order valence-corrected chi connectivity index (χ4v) is 2.18. The first-order valence-electron chi connectivity index (χ1n) is 6.39. The van der Waals surface area contributed by atoms with Gasteiger partial charge in [0, 0.05) is 12.6 Å². The Bertz CT molecular complexity index is 370. The molecule has 7 nitrogen and oxygen atoms in total. The zero-order valence-electron chi connectivity index (χ0n) is 11.5. The van der Waals surface area contributed by atoms with Crippen LogP contribution in [0.15, 0.2) is 0 Å². The lowest BCUT2D eigenvalue weighted by Gasteiger charge is -2.23. The van der Waals surface area contributed by atoms with E-state index in [-0.39, 0.29) is 24.4 Å². The second-order valence-corrected chi connectivity index (χ2v) is 5.12. The van der Waals surface area contributed by atoms with Crippen LogP contribution in [0.25, 0.3) is 0 Å². The third-order valence-corrected chi connectivity index (χ3v) is 3.06. The predicted octanol–water partition coefficient (Wildman–Crippen LogP) is 0.0156. The Labute approximate surface area is 112 Å². The van der Waals surface area contributed by atoms with Gasteiger partial charge in [0.1, 0.15) is 6.04 Å². The average Bonchev–Trinajstić information content (AvgIpc) is 2.67. The summed E-state index contributed by atoms with van der Waals surface area (Å²) in [6.45, 7) is 5.70. The summed E-state index contributed by atoms with van der Waals surface area (Å²) in [7, 11) is 0. The van der Waals surface area contributed by atoms with Crippen molar-refractivity contribution in [1.29, 1.82) is 0 Å². The van der Waals surface area contributed by atoms with Gasteiger partial charge in [0.25, 0.3) is 0 Å². The van der Waals surface area contributed by atoms with Gasteiger partial charge >= 0.3 is 12.0 Å². The van der Waals surface area contributed by atoms with Crippen molar-refractivity contribution in [3.63, 3.8) is 0 Å². The van der Waals surface area contributed by atoms with E-state index in [1.165, 1.54) is 4.90 Å². The van der Waals surface area contributed by atoms with Gasteiger partial charge in [-0.3, -0.25) is 4.79 Å². The quantitative estimate of drug-likeness (QED) is 0.671. The molecule has 1 fully saturated rings. The van der Waals surface area contributed by atoms with Crippen molar-refractivity contribution < 1.29 is 19.5 Å². The number of urea groups is 1. The smallest absolute Gasteiger partial charge is 0.326 e. The summed E-state index contributed by atoms with van der Waals surface area (Å²) in [6, 6.07) is -1.31. The summed E-state index contributed by atoms with van der Waals surface area (Å²) < 4.78 is 0. The highest BCUT2D eigenvalue weighted by atomic mass is 16.4. The molecule has 1 aliphatic heterocycles. The van der Waals surface area contributed by atoms with Crippen molar-refractivity contribution in [3.8, 4) is 0 Å². The van der Waals surface area contributed by atoms with E-state index in [1.54, 1.807) is 6.92 Å². The Kier molecular flexibility index (Phi) is 5.14. The number of hydrogen-bond donors (Lipinski definition) is 3. The molecule has 1 rings (SSSR count). The molecule has 7 heteroatoms. The van der Waals surface area contributed by atoms with E-state index in [1.807, 2.05) is 13.8 Å². The molecule has 0 aromatic rings. The summed E-state index contributed by atoms with van der Waals surface area (Å²) in [5.74, 6) is -1.37. The van der Waals surface area contributed by atoms with Gasteiger partial charge in [-0.25, -0.2) is 9.59 Å². The molecule has 3 N–H and O–H groups in total. The van der Waals surface area contributed by atoms with Crippen molar-refractivity contribution >= 4 is 17.9 Å². The summed E-state index contributed by atoms with van der Waals surface area (Å²) in [4.78, 5) is 35.6. The number of aliphatic carboxylic acids is 1. The molecule has 2 unspecified atom stereocenters. The zero-order chi connectivity index (χ0) is 14.6. The first kappa shape index (κ1) is 15.3. The Balaban J connectivity index is 2.49. The van der Waals surface area contributed by atoms with Crippen LogP contribution in [0.2, 0.25) is 0 Å². The SMILES string of the molecule is CC(C)NC(=O)CNC(=O)N1CCC(C)C1C(=O)O. The minimum Gasteiger partial charge on any atom is -0.480 e. The fourth-order valence-electron chi connectivity index (χ4n) is 2.18. The van der Waals surface area contributed by atoms with Crippen LogP contribution in [0.1, 0.15) is 27.2 Å². The summed E-state index contributed by atoms with van der Waals surface area (Å²) in [5, 5.41) is 14.2. The van der Waals surface area contributed by atoms with E-state index in [4.69, 9.17) is 5.11 Å². The van der Waals surface area contributed by atoms with Crippen LogP contribution in [0, 0.1) is 5.92 Å². The number of likely N-dealkylation sites (tertiary alicyclic amines) is 1. The second-order valence-electron chi connectivity index (χ2n) is 5.12. The summed E-state index contributed by atoms with van der Waals surface area (Å²) in [6.07, 6.45) is 0.655. The van der Waals surface area contributed by atoms with Crippen LogP contribution >= 0.6 is 0 Å². The molecule has 108 valence electrons. The van der Waals surface area contributed by atoms with E-state index in [9.17, 15) is 14.4 Å². The normalized spacial score (nSPS) is 22.4. The predicted molar refractivity (Wildman–Crippen MR) is 68.6 cm³/mol. The van der Waals surface area contributed by atoms with Crippen LogP contribution in [0.3, 0.4) is 0 Å². The molecule has 0 saturated carbocycles. The van der Waals surface area contributed by atoms with E-state index >= 15 is 0 Å².